The predicted octanol–water partition coefficient (Wildman–Crippen LogP) is 5.26. The number of carbonyl (C=O) groups excluding carboxylic acids is 1. The monoisotopic (exact) mass is 540 g/mol. The summed E-state index contributed by atoms with van der Waals surface area (Å²) >= 11 is 15.7. The highest BCUT2D eigenvalue weighted by molar-refractivity contribution is 9.10. The Morgan fingerprint density at radius 1 is 0.871 bits per heavy atom. The summed E-state index contributed by atoms with van der Waals surface area (Å²) in [7, 11) is -3.95. The maximum absolute atomic E-state index is 13.3. The van der Waals surface area contributed by atoms with Crippen molar-refractivity contribution in [3.05, 3.63) is 98.4 Å². The zero-order valence-corrected chi connectivity index (χ0v) is 20.2. The molecule has 0 heterocycles. The van der Waals surface area contributed by atoms with Crippen LogP contribution in [0.4, 0.5) is 0 Å². The Balaban J connectivity index is 1.83. The number of rotatable bonds is 8. The van der Waals surface area contributed by atoms with Crippen molar-refractivity contribution in [2.75, 3.05) is 6.54 Å². The second kappa shape index (κ2) is 10.6. The molecule has 1 amide bonds. The summed E-state index contributed by atoms with van der Waals surface area (Å²) in [6.45, 7) is -0.220. The molecule has 0 aliphatic carbocycles. The van der Waals surface area contributed by atoms with E-state index in [1.165, 1.54) is 12.1 Å². The Bertz CT molecular complexity index is 1170. The molecule has 0 radical (unpaired) electrons. The van der Waals surface area contributed by atoms with Gasteiger partial charge in [0.2, 0.25) is 15.9 Å². The number of halogens is 3. The van der Waals surface area contributed by atoms with Crippen LogP contribution in [0.15, 0.2) is 82.2 Å². The van der Waals surface area contributed by atoms with E-state index in [2.05, 4.69) is 21.2 Å². The second-order valence-corrected chi connectivity index (χ2v) is 10.4. The molecule has 0 saturated heterocycles. The second-order valence-electron chi connectivity index (χ2n) is 6.69. The molecule has 0 unspecified atom stereocenters. The number of nitrogens with zero attached hydrogens (tertiary/aromatic N) is 1. The van der Waals surface area contributed by atoms with E-state index < -0.39 is 15.9 Å². The van der Waals surface area contributed by atoms with E-state index in [0.29, 0.717) is 15.6 Å². The molecule has 3 aromatic rings. The van der Waals surface area contributed by atoms with Gasteiger partial charge < -0.3 is 5.32 Å². The van der Waals surface area contributed by atoms with Gasteiger partial charge in [0.15, 0.2) is 0 Å². The van der Waals surface area contributed by atoms with Crippen LogP contribution in [0.3, 0.4) is 0 Å². The molecule has 1 N–H and O–H groups in total. The fourth-order valence-corrected chi connectivity index (χ4v) is 4.89. The molecule has 3 aromatic carbocycles. The molecule has 0 aliphatic rings. The van der Waals surface area contributed by atoms with Crippen LogP contribution in [0.25, 0.3) is 0 Å². The summed E-state index contributed by atoms with van der Waals surface area (Å²) < 4.78 is 28.4. The molecule has 0 spiro atoms. The summed E-state index contributed by atoms with van der Waals surface area (Å²) in [5, 5.41) is 3.69. The lowest BCUT2D eigenvalue weighted by molar-refractivity contribution is -0.121. The smallest absolute Gasteiger partial charge is 0.243 e. The van der Waals surface area contributed by atoms with E-state index >= 15 is 0 Å². The van der Waals surface area contributed by atoms with Crippen molar-refractivity contribution in [1.29, 1.82) is 0 Å². The van der Waals surface area contributed by atoms with Crippen molar-refractivity contribution < 1.29 is 13.2 Å². The van der Waals surface area contributed by atoms with Gasteiger partial charge in [-0.1, -0.05) is 75.5 Å². The summed E-state index contributed by atoms with van der Waals surface area (Å²) in [5.41, 5.74) is 1.34. The average Bonchev–Trinajstić information content (AvgIpc) is 2.74. The minimum Gasteiger partial charge on any atom is -0.351 e. The van der Waals surface area contributed by atoms with Crippen molar-refractivity contribution in [2.45, 2.75) is 18.0 Å². The maximum atomic E-state index is 13.3. The lowest BCUT2D eigenvalue weighted by atomic mass is 10.2. The van der Waals surface area contributed by atoms with Gasteiger partial charge in [-0.25, -0.2) is 8.42 Å². The van der Waals surface area contributed by atoms with Crippen LogP contribution < -0.4 is 5.32 Å². The van der Waals surface area contributed by atoms with Gasteiger partial charge in [0, 0.05) is 27.6 Å². The van der Waals surface area contributed by atoms with Gasteiger partial charge in [-0.3, -0.25) is 4.79 Å². The first-order valence-corrected chi connectivity index (χ1v) is 12.3. The molecule has 0 atom stereocenters. The first-order valence-electron chi connectivity index (χ1n) is 9.26. The maximum Gasteiger partial charge on any atom is 0.243 e. The standard InChI is InChI=1S/C22H19BrCl2N2O3S/c23-18-9-11-19(12-10-18)31(29,30)27(14-17-6-2-4-8-21(17)25)15-22(28)26-13-16-5-1-3-7-20(16)24/h1-12H,13-15H2,(H,26,28). The van der Waals surface area contributed by atoms with Crippen LogP contribution in [0, 0.1) is 0 Å². The molecule has 0 aromatic heterocycles. The summed E-state index contributed by atoms with van der Waals surface area (Å²) in [4.78, 5) is 12.7. The molecular weight excluding hydrogens is 523 g/mol. The summed E-state index contributed by atoms with van der Waals surface area (Å²) in [6.07, 6.45) is 0. The first kappa shape index (κ1) is 23.8. The summed E-state index contributed by atoms with van der Waals surface area (Å²) in [6, 6.07) is 20.3. The van der Waals surface area contributed by atoms with Crippen LogP contribution in [0.2, 0.25) is 10.0 Å². The number of hydrogen-bond donors (Lipinski definition) is 1. The molecule has 162 valence electrons. The Hall–Kier alpha value is -1.90. The fraction of sp³-hybridized carbons (Fsp3) is 0.136. The van der Waals surface area contributed by atoms with Gasteiger partial charge in [-0.2, -0.15) is 4.31 Å². The lowest BCUT2D eigenvalue weighted by Gasteiger charge is -2.22. The Kier molecular flexibility index (Phi) is 8.13. The van der Waals surface area contributed by atoms with Gasteiger partial charge in [-0.15, -0.1) is 0 Å². The summed E-state index contributed by atoms with van der Waals surface area (Å²) in [5.74, 6) is -0.451. The number of amides is 1. The molecule has 0 fully saturated rings. The highest BCUT2D eigenvalue weighted by atomic mass is 79.9. The van der Waals surface area contributed by atoms with Crippen molar-refractivity contribution in [3.8, 4) is 0 Å². The molecule has 5 nitrogen and oxygen atoms in total. The van der Waals surface area contributed by atoms with E-state index in [0.717, 1.165) is 14.3 Å². The molecule has 3 rings (SSSR count). The fourth-order valence-electron chi connectivity index (χ4n) is 2.85. The van der Waals surface area contributed by atoms with Crippen molar-refractivity contribution in [2.24, 2.45) is 0 Å². The Morgan fingerprint density at radius 3 is 2.00 bits per heavy atom. The average molecular weight is 542 g/mol. The number of hydrogen-bond acceptors (Lipinski definition) is 3. The molecule has 0 bridgehead atoms. The van der Waals surface area contributed by atoms with Gasteiger partial charge in [0.25, 0.3) is 0 Å². The minimum absolute atomic E-state index is 0.0441. The first-order chi connectivity index (χ1) is 14.8. The third-order valence-electron chi connectivity index (χ3n) is 4.51. The van der Waals surface area contributed by atoms with E-state index in [-0.39, 0.29) is 24.5 Å². The van der Waals surface area contributed by atoms with E-state index in [9.17, 15) is 13.2 Å². The Morgan fingerprint density at radius 2 is 1.42 bits per heavy atom. The highest BCUT2D eigenvalue weighted by Crippen LogP contribution is 2.23. The van der Waals surface area contributed by atoms with Crippen LogP contribution in [-0.4, -0.2) is 25.2 Å². The quantitative estimate of drug-likeness (QED) is 0.423. The largest absolute Gasteiger partial charge is 0.351 e. The van der Waals surface area contributed by atoms with Crippen LogP contribution in [-0.2, 0) is 27.9 Å². The number of sulfonamides is 1. The van der Waals surface area contributed by atoms with E-state index in [1.807, 2.05) is 6.07 Å². The number of benzene rings is 3. The SMILES string of the molecule is O=C(CN(Cc1ccccc1Cl)S(=O)(=O)c1ccc(Br)cc1)NCc1ccccc1Cl. The normalized spacial score (nSPS) is 11.5. The van der Waals surface area contributed by atoms with Crippen LogP contribution in [0.1, 0.15) is 11.1 Å². The lowest BCUT2D eigenvalue weighted by Crippen LogP contribution is -2.40. The molecule has 9 heteroatoms. The van der Waals surface area contributed by atoms with E-state index in [1.54, 1.807) is 54.6 Å². The van der Waals surface area contributed by atoms with Gasteiger partial charge in [-0.05, 0) is 47.5 Å². The van der Waals surface area contributed by atoms with Gasteiger partial charge >= 0.3 is 0 Å². The predicted molar refractivity (Wildman–Crippen MR) is 126 cm³/mol. The van der Waals surface area contributed by atoms with Gasteiger partial charge in [0.05, 0.1) is 11.4 Å². The molecule has 0 saturated carbocycles. The van der Waals surface area contributed by atoms with E-state index in [4.69, 9.17) is 23.2 Å². The van der Waals surface area contributed by atoms with Gasteiger partial charge in [0.1, 0.15) is 0 Å². The third-order valence-corrected chi connectivity index (χ3v) is 7.58. The Labute approximate surface area is 200 Å². The van der Waals surface area contributed by atoms with Crippen LogP contribution in [0.5, 0.6) is 0 Å². The topological polar surface area (TPSA) is 66.5 Å². The highest BCUT2D eigenvalue weighted by Gasteiger charge is 2.27. The zero-order valence-electron chi connectivity index (χ0n) is 16.3. The van der Waals surface area contributed by atoms with Crippen molar-refractivity contribution in [3.63, 3.8) is 0 Å². The number of nitrogens with one attached hydrogen (secondary N) is 1. The van der Waals surface area contributed by atoms with Crippen LogP contribution >= 0.6 is 39.1 Å². The molecule has 0 aliphatic heterocycles. The third kappa shape index (κ3) is 6.30. The molecule has 31 heavy (non-hydrogen) atoms. The zero-order chi connectivity index (χ0) is 22.4. The van der Waals surface area contributed by atoms with Crippen molar-refractivity contribution >= 4 is 55.1 Å². The molecular formula is C22H19BrCl2N2O3S. The minimum atomic E-state index is -3.95. The van der Waals surface area contributed by atoms with Crippen molar-refractivity contribution in [1.82, 2.24) is 9.62 Å². The number of carbonyl (C=O) groups is 1.